The van der Waals surface area contributed by atoms with E-state index in [1.54, 1.807) is 18.5 Å². The largest absolute Gasteiger partial charge is 0.444 e. The molecule has 5 aliphatic heterocycles. The van der Waals surface area contributed by atoms with E-state index in [9.17, 15) is 15.3 Å². The Hall–Kier alpha value is -3.80. The number of pyridine rings is 2. The Bertz CT molecular complexity index is 1180. The molecule has 0 spiro atoms. The summed E-state index contributed by atoms with van der Waals surface area (Å²) in [7, 11) is 0. The highest BCUT2D eigenvalue weighted by Crippen LogP contribution is 2.38. The summed E-state index contributed by atoms with van der Waals surface area (Å²) < 4.78 is 6.41. The van der Waals surface area contributed by atoms with Gasteiger partial charge >= 0.3 is 6.09 Å². The van der Waals surface area contributed by atoms with Crippen LogP contribution in [0.1, 0.15) is 32.8 Å². The lowest BCUT2D eigenvalue weighted by molar-refractivity contribution is -0.0380. The van der Waals surface area contributed by atoms with E-state index < -0.39 is 5.60 Å². The number of amides is 1. The molecule has 2 bridgehead atoms. The summed E-state index contributed by atoms with van der Waals surface area (Å²) in [5.41, 5.74) is 2.00. The van der Waals surface area contributed by atoms with Crippen LogP contribution in [0.4, 0.5) is 10.6 Å². The second-order valence-electron chi connectivity index (χ2n) is 9.30. The number of rotatable bonds is 2. The number of hydrogen-bond donors (Lipinski definition) is 1. The molecule has 0 aliphatic carbocycles. The summed E-state index contributed by atoms with van der Waals surface area (Å²) in [5.74, 6) is 1.22. The number of piperidine rings is 1. The van der Waals surface area contributed by atoms with Gasteiger partial charge in [-0.25, -0.2) is 14.8 Å². The van der Waals surface area contributed by atoms with Crippen molar-refractivity contribution in [2.45, 2.75) is 44.9 Å². The Kier molecular flexibility index (Phi) is 4.48. The Balaban J connectivity index is 1.35. The minimum Gasteiger partial charge on any atom is -0.444 e. The fourth-order valence-electron chi connectivity index (χ4n) is 4.62. The number of piperazine rings is 1. The highest BCUT2D eigenvalue weighted by Gasteiger charge is 2.49. The van der Waals surface area contributed by atoms with Gasteiger partial charge in [-0.2, -0.15) is 9.99 Å². The number of nitrogens with zero attached hydrogens (tertiary/aromatic N) is 6. The molecule has 2 atom stereocenters. The number of carbonyl (C=O) groups is 1. The average molecular weight is 432 g/mol. The molecule has 0 saturated carbocycles. The summed E-state index contributed by atoms with van der Waals surface area (Å²) in [5, 5.41) is 19.6. The monoisotopic (exact) mass is 432 g/mol. The van der Waals surface area contributed by atoms with Crippen molar-refractivity contribution in [3.05, 3.63) is 42.4 Å². The first-order valence-corrected chi connectivity index (χ1v) is 10.6. The molecule has 1 amide bonds. The maximum Gasteiger partial charge on any atom is 0.410 e. The molecular weight excluding hydrogens is 408 g/mol. The van der Waals surface area contributed by atoms with Gasteiger partial charge in [0.25, 0.3) is 0 Å². The van der Waals surface area contributed by atoms with Crippen LogP contribution >= 0.6 is 0 Å². The van der Waals surface area contributed by atoms with Crippen LogP contribution in [-0.2, 0) is 4.74 Å². The Morgan fingerprint density at radius 1 is 1.22 bits per heavy atom. The third-order valence-corrected chi connectivity index (χ3v) is 5.96. The van der Waals surface area contributed by atoms with Gasteiger partial charge in [0.2, 0.25) is 0 Å². The molecule has 1 aromatic heterocycles. The maximum atomic E-state index is 12.5. The second-order valence-corrected chi connectivity index (χ2v) is 9.30. The fraction of sp³-hybridized carbons (Fsp3) is 0.391. The molecular formula is C23H24N6O3. The lowest BCUT2D eigenvalue weighted by atomic mass is 9.88. The first kappa shape index (κ1) is 20.1. The number of aromatic nitrogens is 3. The van der Waals surface area contributed by atoms with E-state index in [1.807, 2.05) is 37.8 Å². The lowest BCUT2D eigenvalue weighted by Gasteiger charge is -2.56. The number of carbonyl (C=O) groups excluding carboxylic acids is 1. The Morgan fingerprint density at radius 2 is 1.97 bits per heavy atom. The van der Waals surface area contributed by atoms with E-state index in [-0.39, 0.29) is 18.2 Å². The highest BCUT2D eigenvalue weighted by atomic mass is 16.6. The van der Waals surface area contributed by atoms with Gasteiger partial charge in [0.15, 0.2) is 5.82 Å². The van der Waals surface area contributed by atoms with Crippen molar-refractivity contribution in [1.29, 1.82) is 5.26 Å². The number of hydrogen-bond acceptors (Lipinski definition) is 7. The van der Waals surface area contributed by atoms with Gasteiger partial charge in [-0.15, -0.1) is 0 Å². The van der Waals surface area contributed by atoms with Crippen LogP contribution in [0.15, 0.2) is 36.8 Å². The minimum atomic E-state index is -0.504. The third-order valence-electron chi connectivity index (χ3n) is 5.96. The fourth-order valence-corrected chi connectivity index (χ4v) is 4.62. The Labute approximate surface area is 185 Å². The van der Waals surface area contributed by atoms with E-state index >= 15 is 0 Å². The summed E-state index contributed by atoms with van der Waals surface area (Å²) in [6, 6.07) is 8.02. The first-order valence-electron chi connectivity index (χ1n) is 10.6. The van der Waals surface area contributed by atoms with E-state index in [0.29, 0.717) is 35.6 Å². The molecule has 32 heavy (non-hydrogen) atoms. The van der Waals surface area contributed by atoms with E-state index in [2.05, 4.69) is 20.9 Å². The van der Waals surface area contributed by atoms with Gasteiger partial charge in [0.1, 0.15) is 17.5 Å². The molecule has 3 fully saturated rings. The van der Waals surface area contributed by atoms with Crippen LogP contribution in [-0.4, -0.2) is 61.7 Å². The zero-order valence-electron chi connectivity index (χ0n) is 18.2. The molecule has 1 aromatic rings. The van der Waals surface area contributed by atoms with Crippen LogP contribution in [0.25, 0.3) is 22.5 Å². The molecule has 9 heteroatoms. The average Bonchev–Trinajstić information content (AvgIpc) is 3.22. The molecule has 9 nitrogen and oxygen atoms in total. The molecule has 0 aromatic carbocycles. The normalized spacial score (nSPS) is 20.1. The Morgan fingerprint density at radius 3 is 2.59 bits per heavy atom. The topological polar surface area (TPSA) is 108 Å². The molecule has 2 unspecified atom stereocenters. The molecule has 6 rings (SSSR count). The van der Waals surface area contributed by atoms with Gasteiger partial charge < -0.3 is 14.8 Å². The second kappa shape index (κ2) is 7.12. The molecule has 3 saturated heterocycles. The van der Waals surface area contributed by atoms with Crippen molar-refractivity contribution in [1.82, 2.24) is 19.6 Å². The van der Waals surface area contributed by atoms with Gasteiger partial charge in [-0.05, 0) is 45.4 Å². The van der Waals surface area contributed by atoms with Crippen molar-refractivity contribution in [3.8, 4) is 28.6 Å². The van der Waals surface area contributed by atoms with Crippen LogP contribution in [0, 0.1) is 11.3 Å². The molecule has 6 heterocycles. The number of anilines is 1. The van der Waals surface area contributed by atoms with Crippen molar-refractivity contribution < 1.29 is 14.7 Å². The molecule has 0 radical (unpaired) electrons. The number of nitriles is 1. The van der Waals surface area contributed by atoms with Gasteiger partial charge in [0.05, 0.1) is 23.8 Å². The predicted octanol–water partition coefficient (Wildman–Crippen LogP) is 3.36. The van der Waals surface area contributed by atoms with Gasteiger partial charge in [0, 0.05) is 42.2 Å². The zero-order valence-corrected chi connectivity index (χ0v) is 18.2. The third kappa shape index (κ3) is 3.28. The van der Waals surface area contributed by atoms with Gasteiger partial charge in [-0.3, -0.25) is 4.90 Å². The summed E-state index contributed by atoms with van der Waals surface area (Å²) >= 11 is 0. The standard InChI is InChI=1S/C23H24N6O3/c1-23(2,3)32-22(30)29-16-8-17(29)13-27(12-16)19-5-4-14(10-26-19)20-15(9-24)11-28(31)21-18(20)6-7-25-21/h4-7,10-11,16-17,31H,8,12-13H2,1-3H3. The minimum absolute atomic E-state index is 0.124. The van der Waals surface area contributed by atoms with Crippen LogP contribution < -0.4 is 4.90 Å². The van der Waals surface area contributed by atoms with Crippen molar-refractivity contribution in [3.63, 3.8) is 0 Å². The predicted molar refractivity (Wildman–Crippen MR) is 116 cm³/mol. The van der Waals surface area contributed by atoms with Crippen molar-refractivity contribution >= 4 is 11.9 Å². The molecule has 1 N–H and O–H groups in total. The summed E-state index contributed by atoms with van der Waals surface area (Å²) in [6.07, 6.45) is 5.43. The maximum absolute atomic E-state index is 12.5. The molecule has 5 aliphatic rings. The zero-order chi connectivity index (χ0) is 22.6. The van der Waals surface area contributed by atoms with E-state index in [1.165, 1.54) is 6.20 Å². The van der Waals surface area contributed by atoms with Crippen molar-refractivity contribution in [2.75, 3.05) is 18.0 Å². The number of fused-ring (bicyclic) bond motifs is 3. The molecule has 164 valence electrons. The summed E-state index contributed by atoms with van der Waals surface area (Å²) in [6.45, 7) is 7.04. The van der Waals surface area contributed by atoms with Crippen LogP contribution in [0.2, 0.25) is 0 Å². The van der Waals surface area contributed by atoms with E-state index in [0.717, 1.165) is 22.5 Å². The highest BCUT2D eigenvalue weighted by molar-refractivity contribution is 5.85. The number of ether oxygens (including phenoxy) is 1. The quantitative estimate of drug-likeness (QED) is 0.619. The summed E-state index contributed by atoms with van der Waals surface area (Å²) in [4.78, 5) is 25.3. The smallest absolute Gasteiger partial charge is 0.410 e. The van der Waals surface area contributed by atoms with E-state index in [4.69, 9.17) is 4.74 Å². The van der Waals surface area contributed by atoms with Crippen LogP contribution in [0.3, 0.4) is 0 Å². The van der Waals surface area contributed by atoms with Crippen LogP contribution in [0.5, 0.6) is 0 Å². The van der Waals surface area contributed by atoms with Gasteiger partial charge in [-0.1, -0.05) is 0 Å². The first-order chi connectivity index (χ1) is 15.2. The SMILES string of the molecule is CC(C)(C)OC(=O)N1C2CC1CN(c1ccc(-c3c(C#N)cn(O)c4nccc3-4)cn1)C2. The van der Waals surface area contributed by atoms with Crippen molar-refractivity contribution in [2.24, 2.45) is 0 Å². The lowest BCUT2D eigenvalue weighted by Crippen LogP contribution is -2.70.